The average Bonchev–Trinajstić information content (AvgIpc) is 2.68. The highest BCUT2D eigenvalue weighted by Gasteiger charge is 2.33. The zero-order valence-corrected chi connectivity index (χ0v) is 12.5. The van der Waals surface area contributed by atoms with Crippen molar-refractivity contribution in [3.8, 4) is 0 Å². The van der Waals surface area contributed by atoms with Gasteiger partial charge in [0.15, 0.2) is 15.2 Å². The molecule has 5 nitrogen and oxygen atoms in total. The molecule has 0 radical (unpaired) electrons. The van der Waals surface area contributed by atoms with Gasteiger partial charge in [-0.15, -0.1) is 0 Å². The van der Waals surface area contributed by atoms with E-state index in [4.69, 9.17) is 0 Å². The average molecular weight is 343 g/mol. The first-order chi connectivity index (χ1) is 8.88. The van der Waals surface area contributed by atoms with E-state index in [1.165, 1.54) is 6.26 Å². The number of nitrogens with one attached hydrogen (secondary N) is 1. The molecule has 1 N–H and O–H groups in total. The molecule has 0 saturated carbocycles. The lowest BCUT2D eigenvalue weighted by atomic mass is 10.2. The monoisotopic (exact) mass is 342 g/mol. The molecule has 1 aliphatic rings. The van der Waals surface area contributed by atoms with E-state index in [0.717, 1.165) is 15.4 Å². The Morgan fingerprint density at radius 1 is 1.37 bits per heavy atom. The molecule has 1 unspecified atom stereocenters. The Morgan fingerprint density at radius 2 is 2.11 bits per heavy atom. The molecule has 3 rings (SSSR count). The molecule has 1 aromatic heterocycles. The summed E-state index contributed by atoms with van der Waals surface area (Å²) < 4.78 is 26.2. The van der Waals surface area contributed by atoms with Crippen molar-refractivity contribution in [2.75, 3.05) is 12.8 Å². The predicted molar refractivity (Wildman–Crippen MR) is 75.9 cm³/mol. The fraction of sp³-hybridized carbons (Fsp3) is 0.250. The van der Waals surface area contributed by atoms with Crippen LogP contribution in [0.1, 0.15) is 15.9 Å². The molecular weight excluding hydrogens is 332 g/mol. The summed E-state index contributed by atoms with van der Waals surface area (Å²) in [5, 5.41) is 2.71. The van der Waals surface area contributed by atoms with Crippen molar-refractivity contribution >= 4 is 42.6 Å². The van der Waals surface area contributed by atoms with E-state index >= 15 is 0 Å². The van der Waals surface area contributed by atoms with Gasteiger partial charge >= 0.3 is 0 Å². The number of hydrogen-bond donors (Lipinski definition) is 1. The maximum atomic E-state index is 11.9. The summed E-state index contributed by atoms with van der Waals surface area (Å²) in [6.07, 6.45) is 1.18. The number of benzene rings is 1. The lowest BCUT2D eigenvalue weighted by Gasteiger charge is -2.25. The second-order valence-electron chi connectivity index (χ2n) is 4.60. The van der Waals surface area contributed by atoms with E-state index in [0.29, 0.717) is 5.69 Å². The topological polar surface area (TPSA) is 68.2 Å². The van der Waals surface area contributed by atoms with Crippen molar-refractivity contribution < 1.29 is 13.2 Å². The molecule has 1 atom stereocenters. The minimum Gasteiger partial charge on any atom is -0.348 e. The summed E-state index contributed by atoms with van der Waals surface area (Å²) in [5.74, 6) is -0.243. The number of carbonyl (C=O) groups excluding carboxylic acids is 1. The Kier molecular flexibility index (Phi) is 2.72. The van der Waals surface area contributed by atoms with Crippen LogP contribution in [-0.2, 0) is 9.84 Å². The third-order valence-electron chi connectivity index (χ3n) is 3.26. The van der Waals surface area contributed by atoms with Gasteiger partial charge in [-0.2, -0.15) is 0 Å². The minimum absolute atomic E-state index is 0.0982. The Balaban J connectivity index is 2.38. The van der Waals surface area contributed by atoms with Crippen LogP contribution in [0.15, 0.2) is 28.7 Å². The lowest BCUT2D eigenvalue weighted by molar-refractivity contribution is 0.0927. The molecular formula is C12H11BrN2O3S. The maximum Gasteiger partial charge on any atom is 0.268 e. The number of amides is 1. The van der Waals surface area contributed by atoms with Gasteiger partial charge in [-0.3, -0.25) is 4.79 Å². The van der Waals surface area contributed by atoms with E-state index in [1.54, 1.807) is 10.6 Å². The summed E-state index contributed by atoms with van der Waals surface area (Å²) in [5.41, 5.74) is 1.13. The summed E-state index contributed by atoms with van der Waals surface area (Å²) in [6, 6.07) is 7.27. The summed E-state index contributed by atoms with van der Waals surface area (Å²) in [6.45, 7) is 0.0982. The highest BCUT2D eigenvalue weighted by atomic mass is 79.9. The molecule has 0 fully saturated rings. The molecule has 0 saturated heterocycles. The summed E-state index contributed by atoms with van der Waals surface area (Å²) >= 11 is 3.37. The van der Waals surface area contributed by atoms with Crippen LogP contribution < -0.4 is 5.32 Å². The number of aromatic nitrogens is 1. The van der Waals surface area contributed by atoms with Gasteiger partial charge < -0.3 is 9.88 Å². The highest BCUT2D eigenvalue weighted by Crippen LogP contribution is 2.30. The molecule has 2 heterocycles. The van der Waals surface area contributed by atoms with E-state index in [2.05, 4.69) is 21.2 Å². The number of sulfone groups is 1. The first kappa shape index (κ1) is 12.7. The van der Waals surface area contributed by atoms with E-state index < -0.39 is 15.2 Å². The van der Waals surface area contributed by atoms with Crippen LogP contribution in [0.3, 0.4) is 0 Å². The quantitative estimate of drug-likeness (QED) is 0.857. The van der Waals surface area contributed by atoms with Crippen molar-refractivity contribution in [3.05, 3.63) is 34.4 Å². The molecule has 100 valence electrons. The number of carbonyl (C=O) groups is 1. The predicted octanol–water partition coefficient (Wildman–Crippen LogP) is 1.69. The van der Waals surface area contributed by atoms with Crippen LogP contribution in [0, 0.1) is 0 Å². The number of fused-ring (bicyclic) bond motifs is 3. The molecule has 2 aromatic rings. The van der Waals surface area contributed by atoms with E-state index in [-0.39, 0.29) is 12.5 Å². The fourth-order valence-electron chi connectivity index (χ4n) is 2.38. The molecule has 0 spiro atoms. The van der Waals surface area contributed by atoms with Crippen molar-refractivity contribution in [3.63, 3.8) is 0 Å². The second kappa shape index (κ2) is 4.08. The van der Waals surface area contributed by atoms with Crippen molar-refractivity contribution in [1.29, 1.82) is 0 Å². The van der Waals surface area contributed by atoms with Crippen LogP contribution in [0.25, 0.3) is 10.9 Å². The van der Waals surface area contributed by atoms with Gasteiger partial charge in [0.1, 0.15) is 5.69 Å². The fourth-order valence-corrected chi connectivity index (χ4v) is 3.73. The first-order valence-electron chi connectivity index (χ1n) is 5.65. The van der Waals surface area contributed by atoms with Gasteiger partial charge in [0, 0.05) is 16.1 Å². The molecule has 1 amide bonds. The Labute approximate surface area is 118 Å². The molecule has 1 aromatic carbocycles. The van der Waals surface area contributed by atoms with Crippen LogP contribution in [0.2, 0.25) is 0 Å². The maximum absolute atomic E-state index is 11.9. The van der Waals surface area contributed by atoms with Gasteiger partial charge in [0.2, 0.25) is 0 Å². The number of rotatable bonds is 1. The Morgan fingerprint density at radius 3 is 2.79 bits per heavy atom. The van der Waals surface area contributed by atoms with Crippen molar-refractivity contribution in [2.24, 2.45) is 0 Å². The third kappa shape index (κ3) is 1.97. The van der Waals surface area contributed by atoms with Crippen LogP contribution in [0.4, 0.5) is 0 Å². The molecule has 0 bridgehead atoms. The standard InChI is InChI=1S/C12H11BrN2O3S/c1-19(17,18)11-6-14-12(16)10-4-7-2-3-8(13)5-9(7)15(10)11/h2-5,11H,6H2,1H3,(H,14,16). The molecule has 0 aliphatic carbocycles. The molecule has 7 heteroatoms. The largest absolute Gasteiger partial charge is 0.348 e. The Hall–Kier alpha value is -1.34. The van der Waals surface area contributed by atoms with Gasteiger partial charge in [0.25, 0.3) is 5.91 Å². The number of hydrogen-bond acceptors (Lipinski definition) is 3. The van der Waals surface area contributed by atoms with Crippen LogP contribution in [-0.4, -0.2) is 31.7 Å². The van der Waals surface area contributed by atoms with Gasteiger partial charge in [-0.25, -0.2) is 8.42 Å². The zero-order valence-electron chi connectivity index (χ0n) is 10.1. The minimum atomic E-state index is -3.30. The van der Waals surface area contributed by atoms with Crippen molar-refractivity contribution in [1.82, 2.24) is 9.88 Å². The van der Waals surface area contributed by atoms with Crippen LogP contribution >= 0.6 is 15.9 Å². The van der Waals surface area contributed by atoms with E-state index in [1.807, 2.05) is 18.2 Å². The van der Waals surface area contributed by atoms with Gasteiger partial charge in [-0.1, -0.05) is 22.0 Å². The van der Waals surface area contributed by atoms with Crippen molar-refractivity contribution in [2.45, 2.75) is 5.37 Å². The van der Waals surface area contributed by atoms with Gasteiger partial charge in [0.05, 0.1) is 12.1 Å². The SMILES string of the molecule is CS(=O)(=O)C1CNC(=O)c2cc3ccc(Br)cc3n21. The first-order valence-corrected chi connectivity index (χ1v) is 8.40. The zero-order chi connectivity index (χ0) is 13.8. The highest BCUT2D eigenvalue weighted by molar-refractivity contribution is 9.10. The number of halogens is 1. The molecule has 1 aliphatic heterocycles. The lowest BCUT2D eigenvalue weighted by Crippen LogP contribution is -2.41. The summed E-state index contributed by atoms with van der Waals surface area (Å²) in [7, 11) is -3.30. The second-order valence-corrected chi connectivity index (χ2v) is 7.72. The number of nitrogens with zero attached hydrogens (tertiary/aromatic N) is 1. The Bertz CT molecular complexity index is 795. The van der Waals surface area contributed by atoms with Gasteiger partial charge in [-0.05, 0) is 18.2 Å². The normalized spacial score (nSPS) is 19.3. The smallest absolute Gasteiger partial charge is 0.268 e. The van der Waals surface area contributed by atoms with Crippen LogP contribution in [0.5, 0.6) is 0 Å². The third-order valence-corrected chi connectivity index (χ3v) is 5.12. The molecule has 19 heavy (non-hydrogen) atoms. The summed E-state index contributed by atoms with van der Waals surface area (Å²) in [4.78, 5) is 11.9. The van der Waals surface area contributed by atoms with E-state index in [9.17, 15) is 13.2 Å².